The van der Waals surface area contributed by atoms with Gasteiger partial charge in [-0.05, 0) is 66.1 Å². The number of aromatic nitrogens is 2. The van der Waals surface area contributed by atoms with Crippen molar-refractivity contribution in [2.24, 2.45) is 0 Å². The Morgan fingerprint density at radius 3 is 2.50 bits per heavy atom. The first-order valence-electron chi connectivity index (χ1n) is 11.7. The smallest absolute Gasteiger partial charge is 0.255 e. The molecular formula is C29H26N4O2S. The van der Waals surface area contributed by atoms with Gasteiger partial charge in [-0.1, -0.05) is 43.1 Å². The summed E-state index contributed by atoms with van der Waals surface area (Å²) in [6, 6.07) is 23.4. The number of hydrogen-bond acceptors (Lipinski definition) is 5. The first-order valence-corrected chi connectivity index (χ1v) is 13.0. The predicted molar refractivity (Wildman–Crippen MR) is 151 cm³/mol. The van der Waals surface area contributed by atoms with Crippen LogP contribution in [-0.4, -0.2) is 21.7 Å². The Hall–Kier alpha value is -4.10. The molecule has 0 unspecified atom stereocenters. The van der Waals surface area contributed by atoms with Crippen molar-refractivity contribution in [1.82, 2.24) is 9.55 Å². The highest BCUT2D eigenvalue weighted by Crippen LogP contribution is 2.31. The van der Waals surface area contributed by atoms with Crippen LogP contribution in [0.15, 0.2) is 83.8 Å². The lowest BCUT2D eigenvalue weighted by Gasteiger charge is -2.16. The van der Waals surface area contributed by atoms with Gasteiger partial charge in [-0.25, -0.2) is 0 Å². The van der Waals surface area contributed by atoms with Crippen LogP contribution >= 0.6 is 11.9 Å². The largest absolute Gasteiger partial charge is 0.330 e. The van der Waals surface area contributed by atoms with Crippen LogP contribution in [0, 0.1) is 6.92 Å². The molecule has 0 bridgehead atoms. The van der Waals surface area contributed by atoms with E-state index in [1.165, 1.54) is 0 Å². The van der Waals surface area contributed by atoms with Crippen molar-refractivity contribution in [3.63, 3.8) is 0 Å². The van der Waals surface area contributed by atoms with Crippen molar-refractivity contribution in [3.8, 4) is 16.8 Å². The van der Waals surface area contributed by atoms with Gasteiger partial charge in [0, 0.05) is 47.1 Å². The number of hydrogen-bond donors (Lipinski definition) is 2. The molecule has 0 saturated heterocycles. The Labute approximate surface area is 213 Å². The molecule has 1 amide bonds. The van der Waals surface area contributed by atoms with Crippen LogP contribution in [0.4, 0.5) is 11.4 Å². The van der Waals surface area contributed by atoms with E-state index in [-0.39, 0.29) is 11.5 Å². The van der Waals surface area contributed by atoms with Gasteiger partial charge >= 0.3 is 0 Å². The fourth-order valence-electron chi connectivity index (χ4n) is 4.32. The standard InChI is InChI=1S/C29H26N4O2S/c1-4-27(34)31-26-16-23(12-5-18(26)2)33-28(35)14-9-21-17-30-25-13-8-20(15-24(25)29(21)33)19-6-10-22(11-7-19)32-36-3/h5-17,32H,4H2,1-3H3,(H,31,34). The lowest BCUT2D eigenvalue weighted by molar-refractivity contribution is -0.115. The average Bonchev–Trinajstić information content (AvgIpc) is 2.90. The van der Waals surface area contributed by atoms with Crippen molar-refractivity contribution < 1.29 is 4.79 Å². The van der Waals surface area contributed by atoms with Crippen LogP contribution in [0.3, 0.4) is 0 Å². The van der Waals surface area contributed by atoms with Gasteiger partial charge in [0.25, 0.3) is 5.56 Å². The quantitative estimate of drug-likeness (QED) is 0.207. The monoisotopic (exact) mass is 494 g/mol. The molecule has 3 aromatic carbocycles. The molecule has 0 aliphatic rings. The van der Waals surface area contributed by atoms with Crippen LogP contribution in [0.25, 0.3) is 38.6 Å². The molecule has 0 spiro atoms. The molecule has 0 aliphatic heterocycles. The number of nitrogens with zero attached hydrogens (tertiary/aromatic N) is 2. The molecule has 2 aromatic heterocycles. The van der Waals surface area contributed by atoms with Gasteiger partial charge in [-0.2, -0.15) is 0 Å². The van der Waals surface area contributed by atoms with E-state index in [1.54, 1.807) is 28.8 Å². The zero-order valence-corrected chi connectivity index (χ0v) is 21.1. The number of amides is 1. The normalized spacial score (nSPS) is 11.1. The molecule has 2 heterocycles. The summed E-state index contributed by atoms with van der Waals surface area (Å²) in [6.07, 6.45) is 4.17. The van der Waals surface area contributed by atoms with Gasteiger partial charge in [0.15, 0.2) is 0 Å². The number of rotatable bonds is 6. The number of fused-ring (bicyclic) bond motifs is 3. The lowest BCUT2D eigenvalue weighted by Crippen LogP contribution is -2.18. The van der Waals surface area contributed by atoms with Gasteiger partial charge in [-0.3, -0.25) is 19.1 Å². The van der Waals surface area contributed by atoms with E-state index in [0.29, 0.717) is 17.8 Å². The van der Waals surface area contributed by atoms with Crippen LogP contribution < -0.4 is 15.6 Å². The van der Waals surface area contributed by atoms with Crippen LogP contribution in [0.2, 0.25) is 0 Å². The average molecular weight is 495 g/mol. The summed E-state index contributed by atoms with van der Waals surface area (Å²) in [5.41, 5.74) is 6.91. The number of benzene rings is 3. The van der Waals surface area contributed by atoms with E-state index in [4.69, 9.17) is 0 Å². The number of nitrogens with one attached hydrogen (secondary N) is 2. The Morgan fingerprint density at radius 1 is 0.972 bits per heavy atom. The topological polar surface area (TPSA) is 76.0 Å². The zero-order valence-electron chi connectivity index (χ0n) is 20.3. The molecule has 36 heavy (non-hydrogen) atoms. The summed E-state index contributed by atoms with van der Waals surface area (Å²) in [5, 5.41) is 4.69. The Balaban J connectivity index is 1.73. The predicted octanol–water partition coefficient (Wildman–Crippen LogP) is 6.55. The number of pyridine rings is 2. The molecule has 5 aromatic rings. The second kappa shape index (κ2) is 9.87. The first kappa shape index (κ1) is 23.6. The molecule has 0 saturated carbocycles. The van der Waals surface area contributed by atoms with E-state index in [2.05, 4.69) is 33.2 Å². The third-order valence-electron chi connectivity index (χ3n) is 6.23. The Kier molecular flexibility index (Phi) is 6.48. The van der Waals surface area contributed by atoms with Crippen molar-refractivity contribution in [3.05, 3.63) is 94.9 Å². The second-order valence-corrected chi connectivity index (χ2v) is 9.20. The molecule has 5 rings (SSSR count). The molecule has 0 radical (unpaired) electrons. The van der Waals surface area contributed by atoms with E-state index in [9.17, 15) is 9.59 Å². The van der Waals surface area contributed by atoms with E-state index < -0.39 is 0 Å². The van der Waals surface area contributed by atoms with E-state index in [0.717, 1.165) is 44.2 Å². The first-order chi connectivity index (χ1) is 17.5. The zero-order chi connectivity index (χ0) is 25.2. The van der Waals surface area contributed by atoms with Crippen LogP contribution in [0.1, 0.15) is 18.9 Å². The van der Waals surface area contributed by atoms with Gasteiger partial charge in [0.1, 0.15) is 0 Å². The number of carbonyl (C=O) groups excluding carboxylic acids is 1. The maximum atomic E-state index is 13.3. The minimum Gasteiger partial charge on any atom is -0.330 e. The van der Waals surface area contributed by atoms with Crippen molar-refractivity contribution in [1.29, 1.82) is 0 Å². The minimum atomic E-state index is -0.149. The molecular weight excluding hydrogens is 468 g/mol. The van der Waals surface area contributed by atoms with Crippen molar-refractivity contribution in [2.45, 2.75) is 20.3 Å². The van der Waals surface area contributed by atoms with E-state index >= 15 is 0 Å². The summed E-state index contributed by atoms with van der Waals surface area (Å²) >= 11 is 1.55. The second-order valence-electron chi connectivity index (χ2n) is 8.59. The van der Waals surface area contributed by atoms with Gasteiger partial charge in [-0.15, -0.1) is 0 Å². The van der Waals surface area contributed by atoms with Gasteiger partial charge in [0.2, 0.25) is 5.91 Å². The summed E-state index contributed by atoms with van der Waals surface area (Å²) in [4.78, 5) is 30.0. The van der Waals surface area contributed by atoms with Crippen LogP contribution in [0.5, 0.6) is 0 Å². The summed E-state index contributed by atoms with van der Waals surface area (Å²) in [7, 11) is 0. The maximum absolute atomic E-state index is 13.3. The highest BCUT2D eigenvalue weighted by molar-refractivity contribution is 7.99. The number of carbonyl (C=O) groups is 1. The van der Waals surface area contributed by atoms with Crippen molar-refractivity contribution in [2.75, 3.05) is 16.3 Å². The number of aryl methyl sites for hydroxylation is 1. The molecule has 180 valence electrons. The minimum absolute atomic E-state index is 0.0708. The van der Waals surface area contributed by atoms with Crippen molar-refractivity contribution >= 4 is 51.0 Å². The third kappa shape index (κ3) is 4.45. The third-order valence-corrected chi connectivity index (χ3v) is 6.67. The number of anilines is 2. The summed E-state index contributed by atoms with van der Waals surface area (Å²) < 4.78 is 4.94. The SMILES string of the molecule is CCC(=O)Nc1cc(-n2c(=O)ccc3cnc4ccc(-c5ccc(NSC)cc5)cc4c32)ccc1C. The fraction of sp³-hybridized carbons (Fsp3) is 0.138. The van der Waals surface area contributed by atoms with Crippen LogP contribution in [-0.2, 0) is 4.79 Å². The highest BCUT2D eigenvalue weighted by Gasteiger charge is 2.13. The molecule has 6 nitrogen and oxygen atoms in total. The van der Waals surface area contributed by atoms with Gasteiger partial charge < -0.3 is 10.0 Å². The maximum Gasteiger partial charge on any atom is 0.255 e. The molecule has 7 heteroatoms. The molecule has 0 atom stereocenters. The van der Waals surface area contributed by atoms with Gasteiger partial charge in [0.05, 0.1) is 16.7 Å². The molecule has 2 N–H and O–H groups in total. The Morgan fingerprint density at radius 2 is 1.75 bits per heavy atom. The lowest BCUT2D eigenvalue weighted by atomic mass is 10.0. The summed E-state index contributed by atoms with van der Waals surface area (Å²) in [6.45, 7) is 3.75. The summed E-state index contributed by atoms with van der Waals surface area (Å²) in [5.74, 6) is -0.0708. The van der Waals surface area contributed by atoms with E-state index in [1.807, 2.05) is 68.6 Å². The fourth-order valence-corrected chi connectivity index (χ4v) is 4.69. The highest BCUT2D eigenvalue weighted by atomic mass is 32.2. The molecule has 0 fully saturated rings. The molecule has 0 aliphatic carbocycles. The Bertz CT molecular complexity index is 1660.